The maximum absolute atomic E-state index is 9.90. The van der Waals surface area contributed by atoms with Gasteiger partial charge in [0, 0.05) is 6.54 Å². The van der Waals surface area contributed by atoms with E-state index in [4.69, 9.17) is 4.74 Å². The predicted molar refractivity (Wildman–Crippen MR) is 83.0 cm³/mol. The molecule has 2 rings (SSSR count). The van der Waals surface area contributed by atoms with Crippen LogP contribution in [0.1, 0.15) is 18.9 Å². The van der Waals surface area contributed by atoms with Crippen molar-refractivity contribution in [3.05, 3.63) is 29.3 Å². The molecule has 1 aromatic heterocycles. The van der Waals surface area contributed by atoms with E-state index in [-0.39, 0.29) is 6.10 Å². The molecule has 1 aromatic carbocycles. The molecule has 1 unspecified atom stereocenters. The van der Waals surface area contributed by atoms with Gasteiger partial charge in [0.1, 0.15) is 5.01 Å². The summed E-state index contributed by atoms with van der Waals surface area (Å²) in [6.07, 6.45) is -0.309. The Morgan fingerprint density at radius 3 is 2.80 bits per heavy atom. The molecule has 0 aliphatic rings. The summed E-state index contributed by atoms with van der Waals surface area (Å²) in [6, 6.07) is 8.14. The van der Waals surface area contributed by atoms with Crippen molar-refractivity contribution in [2.75, 3.05) is 20.2 Å². The molecule has 0 fully saturated rings. The molecule has 4 nitrogen and oxygen atoms in total. The Bertz CT molecular complexity index is 508. The van der Waals surface area contributed by atoms with Crippen molar-refractivity contribution in [3.8, 4) is 0 Å². The summed E-state index contributed by atoms with van der Waals surface area (Å²) in [4.78, 5) is 6.67. The predicted octanol–water partition coefficient (Wildman–Crippen LogP) is 2.51. The Balaban J connectivity index is 1.86. The van der Waals surface area contributed by atoms with Crippen molar-refractivity contribution < 1.29 is 9.84 Å². The summed E-state index contributed by atoms with van der Waals surface area (Å²) in [5.74, 6) is 0. The lowest BCUT2D eigenvalue weighted by Crippen LogP contribution is -2.32. The van der Waals surface area contributed by atoms with Crippen molar-refractivity contribution in [2.45, 2.75) is 32.6 Å². The number of aliphatic hydroxyl groups excluding tert-OH is 1. The molecule has 1 N–H and O–H groups in total. The van der Waals surface area contributed by atoms with Crippen molar-refractivity contribution in [3.63, 3.8) is 0 Å². The SMILES string of the molecule is CC(C)OCC(O)CN(C)Cc1nc2ccccc2s1. The van der Waals surface area contributed by atoms with Crippen molar-refractivity contribution >= 4 is 21.6 Å². The fraction of sp³-hybridized carbons (Fsp3) is 0.533. The van der Waals surface area contributed by atoms with Crippen LogP contribution in [0.25, 0.3) is 10.2 Å². The molecular weight excluding hydrogens is 272 g/mol. The third-order valence-corrected chi connectivity index (χ3v) is 3.91. The summed E-state index contributed by atoms with van der Waals surface area (Å²) in [5.41, 5.74) is 1.05. The molecule has 1 atom stereocenters. The van der Waals surface area contributed by atoms with Gasteiger partial charge in [0.2, 0.25) is 0 Å². The van der Waals surface area contributed by atoms with Gasteiger partial charge < -0.3 is 9.84 Å². The first-order valence-electron chi connectivity index (χ1n) is 6.87. The summed E-state index contributed by atoms with van der Waals surface area (Å²) < 4.78 is 6.62. The third-order valence-electron chi connectivity index (χ3n) is 2.89. The van der Waals surface area contributed by atoms with E-state index in [0.717, 1.165) is 17.1 Å². The topological polar surface area (TPSA) is 45.6 Å². The molecule has 20 heavy (non-hydrogen) atoms. The highest BCUT2D eigenvalue weighted by Gasteiger charge is 2.11. The molecule has 0 aliphatic heterocycles. The Labute approximate surface area is 124 Å². The second kappa shape index (κ2) is 7.13. The highest BCUT2D eigenvalue weighted by molar-refractivity contribution is 7.18. The molecule has 2 aromatic rings. The number of hydrogen-bond donors (Lipinski definition) is 1. The fourth-order valence-electron chi connectivity index (χ4n) is 2.00. The number of aliphatic hydroxyl groups is 1. The number of fused-ring (bicyclic) bond motifs is 1. The minimum Gasteiger partial charge on any atom is -0.389 e. The fourth-order valence-corrected chi connectivity index (χ4v) is 3.05. The van der Waals surface area contributed by atoms with Crippen LogP contribution in [0.4, 0.5) is 0 Å². The largest absolute Gasteiger partial charge is 0.389 e. The number of rotatable bonds is 7. The van der Waals surface area contributed by atoms with E-state index in [2.05, 4.69) is 16.0 Å². The number of ether oxygens (including phenoxy) is 1. The zero-order chi connectivity index (χ0) is 14.5. The van der Waals surface area contributed by atoms with Crippen LogP contribution in [-0.2, 0) is 11.3 Å². The highest BCUT2D eigenvalue weighted by Crippen LogP contribution is 2.22. The van der Waals surface area contributed by atoms with E-state index in [1.165, 1.54) is 4.70 Å². The Morgan fingerprint density at radius 2 is 2.10 bits per heavy atom. The van der Waals surface area contributed by atoms with Crippen LogP contribution in [0.3, 0.4) is 0 Å². The number of hydrogen-bond acceptors (Lipinski definition) is 5. The van der Waals surface area contributed by atoms with Crippen LogP contribution in [-0.4, -0.2) is 47.4 Å². The van der Waals surface area contributed by atoms with Crippen LogP contribution >= 0.6 is 11.3 Å². The van der Waals surface area contributed by atoms with Crippen LogP contribution in [0.5, 0.6) is 0 Å². The molecule has 0 amide bonds. The number of aromatic nitrogens is 1. The average Bonchev–Trinajstić information content (AvgIpc) is 2.78. The zero-order valence-electron chi connectivity index (χ0n) is 12.2. The highest BCUT2D eigenvalue weighted by atomic mass is 32.1. The molecule has 0 aliphatic carbocycles. The van der Waals surface area contributed by atoms with Gasteiger partial charge in [-0.25, -0.2) is 4.98 Å². The van der Waals surface area contributed by atoms with Crippen LogP contribution < -0.4 is 0 Å². The summed E-state index contributed by atoms with van der Waals surface area (Å²) >= 11 is 1.71. The van der Waals surface area contributed by atoms with Gasteiger partial charge in [-0.05, 0) is 33.0 Å². The summed E-state index contributed by atoms with van der Waals surface area (Å²) in [6.45, 7) is 5.65. The maximum atomic E-state index is 9.90. The van der Waals surface area contributed by atoms with E-state index >= 15 is 0 Å². The Kier molecular flexibility index (Phi) is 5.48. The second-order valence-electron chi connectivity index (χ2n) is 5.31. The summed E-state index contributed by atoms with van der Waals surface area (Å²) in [5, 5.41) is 11.0. The Hall–Kier alpha value is -1.01. The van der Waals surface area contributed by atoms with Gasteiger partial charge in [-0.2, -0.15) is 0 Å². The molecule has 5 heteroatoms. The minimum atomic E-state index is -0.461. The maximum Gasteiger partial charge on any atom is 0.108 e. The first kappa shape index (κ1) is 15.4. The van der Waals surface area contributed by atoms with E-state index < -0.39 is 6.10 Å². The lowest BCUT2D eigenvalue weighted by atomic mass is 10.3. The smallest absolute Gasteiger partial charge is 0.108 e. The molecule has 0 bridgehead atoms. The van der Waals surface area contributed by atoms with Crippen LogP contribution in [0.15, 0.2) is 24.3 Å². The van der Waals surface area contributed by atoms with Gasteiger partial charge in [0.25, 0.3) is 0 Å². The Morgan fingerprint density at radius 1 is 1.35 bits per heavy atom. The van der Waals surface area contributed by atoms with Gasteiger partial charge in [0.15, 0.2) is 0 Å². The standard InChI is InChI=1S/C15H22N2O2S/c1-11(2)19-10-12(18)8-17(3)9-15-16-13-6-4-5-7-14(13)20-15/h4-7,11-12,18H,8-10H2,1-3H3. The monoisotopic (exact) mass is 294 g/mol. The first-order valence-corrected chi connectivity index (χ1v) is 7.69. The minimum absolute atomic E-state index is 0.152. The van der Waals surface area contributed by atoms with Crippen LogP contribution in [0, 0.1) is 0 Å². The van der Waals surface area contributed by atoms with Crippen molar-refractivity contribution in [1.29, 1.82) is 0 Å². The normalized spacial score (nSPS) is 13.5. The van der Waals surface area contributed by atoms with Crippen LogP contribution in [0.2, 0.25) is 0 Å². The van der Waals surface area contributed by atoms with Gasteiger partial charge in [0.05, 0.1) is 35.6 Å². The van der Waals surface area contributed by atoms with Gasteiger partial charge >= 0.3 is 0 Å². The summed E-state index contributed by atoms with van der Waals surface area (Å²) in [7, 11) is 1.99. The number of nitrogens with zero attached hydrogens (tertiary/aromatic N) is 2. The lowest BCUT2D eigenvalue weighted by Gasteiger charge is -2.20. The molecule has 0 saturated heterocycles. The van der Waals surface area contributed by atoms with E-state index in [9.17, 15) is 5.11 Å². The second-order valence-corrected chi connectivity index (χ2v) is 6.42. The van der Waals surface area contributed by atoms with Crippen molar-refractivity contribution in [1.82, 2.24) is 9.88 Å². The van der Waals surface area contributed by atoms with E-state index in [1.807, 2.05) is 39.1 Å². The molecule has 0 saturated carbocycles. The molecule has 0 spiro atoms. The quantitative estimate of drug-likeness (QED) is 0.852. The van der Waals surface area contributed by atoms with Gasteiger partial charge in [-0.1, -0.05) is 12.1 Å². The van der Waals surface area contributed by atoms with E-state index in [0.29, 0.717) is 13.2 Å². The molecule has 0 radical (unpaired) electrons. The number of likely N-dealkylation sites (N-methyl/N-ethyl adjacent to an activating group) is 1. The van der Waals surface area contributed by atoms with Gasteiger partial charge in [-0.3, -0.25) is 4.90 Å². The molecule has 1 heterocycles. The third kappa shape index (κ3) is 4.52. The lowest BCUT2D eigenvalue weighted by molar-refractivity contribution is -0.00634. The number of thiazole rings is 1. The molecular formula is C15H22N2O2S. The zero-order valence-corrected chi connectivity index (χ0v) is 13.1. The number of para-hydroxylation sites is 1. The first-order chi connectivity index (χ1) is 9.54. The van der Waals surface area contributed by atoms with Crippen molar-refractivity contribution in [2.24, 2.45) is 0 Å². The van der Waals surface area contributed by atoms with Gasteiger partial charge in [-0.15, -0.1) is 11.3 Å². The average molecular weight is 294 g/mol. The number of benzene rings is 1. The van der Waals surface area contributed by atoms with E-state index in [1.54, 1.807) is 11.3 Å². The molecule has 110 valence electrons.